The van der Waals surface area contributed by atoms with Gasteiger partial charge in [-0.05, 0) is 25.0 Å². The Kier molecular flexibility index (Phi) is 2.75. The molecule has 90 valence electrons. The van der Waals surface area contributed by atoms with Gasteiger partial charge in [-0.2, -0.15) is 0 Å². The molecule has 1 aromatic rings. The summed E-state index contributed by atoms with van der Waals surface area (Å²) in [5, 5.41) is 0. The van der Waals surface area contributed by atoms with Gasteiger partial charge in [-0.1, -0.05) is 54.1 Å². The maximum Gasteiger partial charge on any atom is 0.181 e. The molecule has 0 aliphatic heterocycles. The van der Waals surface area contributed by atoms with Gasteiger partial charge in [-0.15, -0.1) is 0 Å². The average molecular weight is 236 g/mol. The van der Waals surface area contributed by atoms with Crippen molar-refractivity contribution in [3.8, 4) is 0 Å². The van der Waals surface area contributed by atoms with Gasteiger partial charge in [0.1, 0.15) is 0 Å². The number of rotatable bonds is 1. The van der Waals surface area contributed by atoms with Crippen molar-refractivity contribution in [2.24, 2.45) is 5.92 Å². The Morgan fingerprint density at radius 2 is 2.17 bits per heavy atom. The van der Waals surface area contributed by atoms with Crippen molar-refractivity contribution in [1.29, 1.82) is 0 Å². The van der Waals surface area contributed by atoms with Crippen LogP contribution in [0.1, 0.15) is 23.5 Å². The predicted octanol–water partition coefficient (Wildman–Crippen LogP) is 3.72. The monoisotopic (exact) mass is 236 g/mol. The molecule has 0 heterocycles. The predicted molar refractivity (Wildman–Crippen MR) is 73.4 cm³/mol. The van der Waals surface area contributed by atoms with Crippen LogP contribution in [0.2, 0.25) is 0 Å². The van der Waals surface area contributed by atoms with Crippen molar-refractivity contribution in [1.82, 2.24) is 0 Å². The molecule has 0 saturated heterocycles. The summed E-state index contributed by atoms with van der Waals surface area (Å²) in [5.74, 6) is 0.821. The van der Waals surface area contributed by atoms with Gasteiger partial charge >= 0.3 is 0 Å². The third-order valence-electron chi connectivity index (χ3n) is 3.80. The third kappa shape index (κ3) is 1.86. The molecule has 0 bridgehead atoms. The summed E-state index contributed by atoms with van der Waals surface area (Å²) in [7, 11) is 0. The normalized spacial score (nSPS) is 25.8. The summed E-state index contributed by atoms with van der Waals surface area (Å²) in [6.07, 6.45) is 10.9. The van der Waals surface area contributed by atoms with Gasteiger partial charge in [0, 0.05) is 17.4 Å². The molecule has 0 amide bonds. The minimum absolute atomic E-state index is 0.174. The molecule has 0 saturated carbocycles. The van der Waals surface area contributed by atoms with E-state index < -0.39 is 0 Å². The molecule has 2 aliphatic carbocycles. The van der Waals surface area contributed by atoms with E-state index in [0.29, 0.717) is 11.8 Å². The zero-order valence-corrected chi connectivity index (χ0v) is 10.5. The highest BCUT2D eigenvalue weighted by Gasteiger charge is 2.31. The highest BCUT2D eigenvalue weighted by atomic mass is 16.1. The summed E-state index contributed by atoms with van der Waals surface area (Å²) in [6, 6.07) is 8.59. The lowest BCUT2D eigenvalue weighted by Gasteiger charge is -2.30. The first-order chi connectivity index (χ1) is 8.75. The van der Waals surface area contributed by atoms with Crippen molar-refractivity contribution in [3.63, 3.8) is 0 Å². The minimum atomic E-state index is 0.174. The molecule has 0 spiro atoms. The maximum atomic E-state index is 11.9. The molecule has 3 rings (SSSR count). The fourth-order valence-corrected chi connectivity index (χ4v) is 2.89. The highest BCUT2D eigenvalue weighted by molar-refractivity contribution is 6.06. The number of benzene rings is 1. The molecule has 0 fully saturated rings. The summed E-state index contributed by atoms with van der Waals surface area (Å²) < 4.78 is 0. The molecule has 2 atom stereocenters. The van der Waals surface area contributed by atoms with Gasteiger partial charge in [0.25, 0.3) is 0 Å². The second-order valence-corrected chi connectivity index (χ2v) is 5.06. The third-order valence-corrected chi connectivity index (χ3v) is 3.80. The number of hydrogen-bond acceptors (Lipinski definition) is 1. The van der Waals surface area contributed by atoms with E-state index in [2.05, 4.69) is 43.3 Å². The number of fused-ring (bicyclic) bond motifs is 1. The number of aryl methyl sites for hydroxylation is 1. The molecule has 0 aromatic heterocycles. The molecule has 2 unspecified atom stereocenters. The van der Waals surface area contributed by atoms with Gasteiger partial charge < -0.3 is 0 Å². The van der Waals surface area contributed by atoms with Gasteiger partial charge in [0.15, 0.2) is 5.78 Å². The summed E-state index contributed by atoms with van der Waals surface area (Å²) in [5.41, 5.74) is 3.55. The van der Waals surface area contributed by atoms with Crippen molar-refractivity contribution in [3.05, 3.63) is 71.3 Å². The number of hydrogen-bond donors (Lipinski definition) is 0. The van der Waals surface area contributed by atoms with Crippen LogP contribution in [0.4, 0.5) is 0 Å². The number of carbonyl (C=O) groups is 1. The van der Waals surface area contributed by atoms with E-state index in [1.165, 1.54) is 11.1 Å². The van der Waals surface area contributed by atoms with Gasteiger partial charge in [0.05, 0.1) is 0 Å². The molecule has 0 radical (unpaired) electrons. The van der Waals surface area contributed by atoms with Crippen molar-refractivity contribution in [2.75, 3.05) is 0 Å². The quantitative estimate of drug-likeness (QED) is 0.726. The van der Waals surface area contributed by atoms with Crippen molar-refractivity contribution in [2.45, 2.75) is 19.3 Å². The SMILES string of the molecule is Cc1cccc(C2C=CC(=O)C3=CC=CCC32)c1. The first kappa shape index (κ1) is 11.2. The van der Waals surface area contributed by atoms with Crippen LogP contribution in [0.3, 0.4) is 0 Å². The molecule has 2 aliphatic rings. The van der Waals surface area contributed by atoms with Crippen LogP contribution >= 0.6 is 0 Å². The standard InChI is InChI=1S/C17H16O/c1-12-5-4-6-13(11-12)14-9-10-17(18)16-8-3-2-7-15(14)16/h2-6,8-11,14-15H,7H2,1H3. The Morgan fingerprint density at radius 1 is 1.28 bits per heavy atom. The second-order valence-electron chi connectivity index (χ2n) is 5.06. The lowest BCUT2D eigenvalue weighted by atomic mass is 9.72. The fourth-order valence-electron chi connectivity index (χ4n) is 2.89. The van der Waals surface area contributed by atoms with Gasteiger partial charge in [0.2, 0.25) is 0 Å². The fraction of sp³-hybridized carbons (Fsp3) is 0.235. The van der Waals surface area contributed by atoms with E-state index in [0.717, 1.165) is 12.0 Å². The summed E-state index contributed by atoms with van der Waals surface area (Å²) in [4.78, 5) is 11.9. The highest BCUT2D eigenvalue weighted by Crippen LogP contribution is 2.39. The largest absolute Gasteiger partial charge is 0.290 e. The van der Waals surface area contributed by atoms with Crippen LogP contribution in [0, 0.1) is 12.8 Å². The first-order valence-electron chi connectivity index (χ1n) is 6.41. The smallest absolute Gasteiger partial charge is 0.181 e. The lowest BCUT2D eigenvalue weighted by Crippen LogP contribution is -2.23. The van der Waals surface area contributed by atoms with E-state index >= 15 is 0 Å². The Hall–Kier alpha value is -1.89. The number of carbonyl (C=O) groups excluding carboxylic acids is 1. The van der Waals surface area contributed by atoms with E-state index in [1.807, 2.05) is 12.2 Å². The number of ketones is 1. The van der Waals surface area contributed by atoms with Crippen LogP contribution in [-0.4, -0.2) is 5.78 Å². The Labute approximate surface area is 108 Å². The second kappa shape index (κ2) is 4.41. The molecule has 1 nitrogen and oxygen atoms in total. The van der Waals surface area contributed by atoms with Crippen LogP contribution < -0.4 is 0 Å². The van der Waals surface area contributed by atoms with Crippen LogP contribution in [-0.2, 0) is 4.79 Å². The molecule has 1 heteroatoms. The lowest BCUT2D eigenvalue weighted by molar-refractivity contribution is -0.112. The molecular formula is C17H16O. The minimum Gasteiger partial charge on any atom is -0.290 e. The maximum absolute atomic E-state index is 11.9. The van der Waals surface area contributed by atoms with Crippen LogP contribution in [0.15, 0.2) is 60.2 Å². The van der Waals surface area contributed by atoms with E-state index in [1.54, 1.807) is 6.08 Å². The Morgan fingerprint density at radius 3 is 3.00 bits per heavy atom. The molecular weight excluding hydrogens is 220 g/mol. The first-order valence-corrected chi connectivity index (χ1v) is 6.41. The molecule has 18 heavy (non-hydrogen) atoms. The van der Waals surface area contributed by atoms with Crippen LogP contribution in [0.25, 0.3) is 0 Å². The summed E-state index contributed by atoms with van der Waals surface area (Å²) in [6.45, 7) is 2.11. The Bertz CT molecular complexity index is 575. The van der Waals surface area contributed by atoms with Crippen molar-refractivity contribution >= 4 is 5.78 Å². The van der Waals surface area contributed by atoms with Gasteiger partial charge in [-0.3, -0.25) is 4.79 Å². The zero-order chi connectivity index (χ0) is 12.5. The summed E-state index contributed by atoms with van der Waals surface area (Å²) >= 11 is 0. The van der Waals surface area contributed by atoms with E-state index in [4.69, 9.17) is 0 Å². The van der Waals surface area contributed by atoms with Crippen LogP contribution in [0.5, 0.6) is 0 Å². The van der Waals surface area contributed by atoms with Gasteiger partial charge in [-0.25, -0.2) is 0 Å². The molecule has 1 aromatic carbocycles. The zero-order valence-electron chi connectivity index (χ0n) is 10.5. The van der Waals surface area contributed by atoms with Crippen molar-refractivity contribution < 1.29 is 4.79 Å². The van der Waals surface area contributed by atoms with E-state index in [-0.39, 0.29) is 5.78 Å². The average Bonchev–Trinajstić information content (AvgIpc) is 2.39. The topological polar surface area (TPSA) is 17.1 Å². The van der Waals surface area contributed by atoms with E-state index in [9.17, 15) is 4.79 Å². The Balaban J connectivity index is 2.03. The number of allylic oxidation sites excluding steroid dienone is 6. The molecule has 0 N–H and O–H groups in total.